The number of likely N-dealkylation sites (tertiary alicyclic amines) is 1. The van der Waals surface area contributed by atoms with Crippen molar-refractivity contribution in [2.24, 2.45) is 5.92 Å². The molecule has 0 aromatic rings. The largest absolute Gasteiger partial charge is 0.314 e. The quantitative estimate of drug-likeness (QED) is 0.664. The van der Waals surface area contributed by atoms with Crippen molar-refractivity contribution in [2.75, 3.05) is 39.3 Å². The van der Waals surface area contributed by atoms with Crippen LogP contribution < -0.4 is 5.32 Å². The third-order valence-electron chi connectivity index (χ3n) is 5.20. The Morgan fingerprint density at radius 2 is 1.95 bits per heavy atom. The molecule has 1 aliphatic carbocycles. The maximum absolute atomic E-state index is 3.70. The fourth-order valence-electron chi connectivity index (χ4n) is 3.38. The smallest absolute Gasteiger partial charge is 0.00683 e. The van der Waals surface area contributed by atoms with Gasteiger partial charge in [-0.25, -0.2) is 0 Å². The van der Waals surface area contributed by atoms with Gasteiger partial charge in [0.25, 0.3) is 0 Å². The Morgan fingerprint density at radius 1 is 1.20 bits per heavy atom. The lowest BCUT2D eigenvalue weighted by Crippen LogP contribution is -2.34. The summed E-state index contributed by atoms with van der Waals surface area (Å²) < 4.78 is 0. The molecule has 2 rings (SSSR count). The first kappa shape index (κ1) is 16.3. The van der Waals surface area contributed by atoms with Crippen LogP contribution in [0, 0.1) is 5.92 Å². The summed E-state index contributed by atoms with van der Waals surface area (Å²) in [5, 5.41) is 3.70. The number of nitrogens with one attached hydrogen (secondary N) is 1. The molecule has 0 amide bonds. The minimum atomic E-state index is 0.775. The lowest BCUT2D eigenvalue weighted by molar-refractivity contribution is 0.219. The van der Waals surface area contributed by atoms with Crippen LogP contribution in [0.3, 0.4) is 0 Å². The van der Waals surface area contributed by atoms with Crippen molar-refractivity contribution < 1.29 is 0 Å². The van der Waals surface area contributed by atoms with E-state index in [9.17, 15) is 0 Å². The van der Waals surface area contributed by atoms with Crippen molar-refractivity contribution in [2.45, 2.75) is 65.0 Å². The SMILES string of the molecule is CCN(CC)CCCC(C)N1CCC(CNC2CC2)C1. The molecule has 1 saturated carbocycles. The van der Waals surface area contributed by atoms with E-state index in [1.54, 1.807) is 0 Å². The van der Waals surface area contributed by atoms with Crippen LogP contribution in [0.4, 0.5) is 0 Å². The Labute approximate surface area is 126 Å². The van der Waals surface area contributed by atoms with Crippen LogP contribution in [0.1, 0.15) is 52.9 Å². The molecule has 1 N–H and O–H groups in total. The highest BCUT2D eigenvalue weighted by molar-refractivity contribution is 4.85. The molecule has 0 aromatic carbocycles. The van der Waals surface area contributed by atoms with Crippen molar-refractivity contribution in [1.29, 1.82) is 0 Å². The highest BCUT2D eigenvalue weighted by Gasteiger charge is 2.28. The molecule has 1 heterocycles. The summed E-state index contributed by atoms with van der Waals surface area (Å²) in [6, 6.07) is 1.65. The maximum Gasteiger partial charge on any atom is 0.00683 e. The van der Waals surface area contributed by atoms with Crippen molar-refractivity contribution in [3.05, 3.63) is 0 Å². The van der Waals surface area contributed by atoms with Crippen molar-refractivity contribution in [1.82, 2.24) is 15.1 Å². The van der Waals surface area contributed by atoms with E-state index in [0.29, 0.717) is 0 Å². The second kappa shape index (κ2) is 8.35. The first-order valence-corrected chi connectivity index (χ1v) is 8.92. The minimum Gasteiger partial charge on any atom is -0.314 e. The lowest BCUT2D eigenvalue weighted by Gasteiger charge is -2.26. The van der Waals surface area contributed by atoms with E-state index < -0.39 is 0 Å². The molecule has 2 fully saturated rings. The van der Waals surface area contributed by atoms with E-state index in [0.717, 1.165) is 18.0 Å². The number of nitrogens with zero attached hydrogens (tertiary/aromatic N) is 2. The molecule has 0 radical (unpaired) electrons. The summed E-state index contributed by atoms with van der Waals surface area (Å²) >= 11 is 0. The Hall–Kier alpha value is -0.120. The topological polar surface area (TPSA) is 18.5 Å². The lowest BCUT2D eigenvalue weighted by atomic mass is 10.1. The molecule has 1 saturated heterocycles. The van der Waals surface area contributed by atoms with Gasteiger partial charge >= 0.3 is 0 Å². The zero-order valence-electron chi connectivity index (χ0n) is 13.9. The molecule has 118 valence electrons. The molecule has 2 atom stereocenters. The molecule has 1 aliphatic heterocycles. The average molecular weight is 281 g/mol. The van der Waals surface area contributed by atoms with Crippen LogP contribution in [-0.2, 0) is 0 Å². The van der Waals surface area contributed by atoms with Crippen LogP contribution in [0.15, 0.2) is 0 Å². The number of rotatable bonds is 10. The Bertz CT molecular complexity index is 261. The van der Waals surface area contributed by atoms with Gasteiger partial charge in [-0.15, -0.1) is 0 Å². The van der Waals surface area contributed by atoms with Crippen LogP contribution in [0.2, 0.25) is 0 Å². The standard InChI is InChI=1S/C17H35N3/c1-4-19(5-2)11-6-7-15(3)20-12-10-16(14-20)13-18-17-8-9-17/h15-18H,4-14H2,1-3H3. The normalized spacial score (nSPS) is 25.5. The van der Waals surface area contributed by atoms with Crippen LogP contribution >= 0.6 is 0 Å². The summed E-state index contributed by atoms with van der Waals surface area (Å²) in [6.07, 6.45) is 6.94. The van der Waals surface area contributed by atoms with Gasteiger partial charge in [0.15, 0.2) is 0 Å². The Kier molecular flexibility index (Phi) is 6.79. The summed E-state index contributed by atoms with van der Waals surface area (Å²) in [5.74, 6) is 0.904. The van der Waals surface area contributed by atoms with Gasteiger partial charge in [-0.2, -0.15) is 0 Å². The van der Waals surface area contributed by atoms with E-state index in [4.69, 9.17) is 0 Å². The predicted octanol–water partition coefficient (Wildman–Crippen LogP) is 2.57. The zero-order chi connectivity index (χ0) is 14.4. The van der Waals surface area contributed by atoms with Crippen LogP contribution in [0.5, 0.6) is 0 Å². The Morgan fingerprint density at radius 3 is 2.60 bits per heavy atom. The van der Waals surface area contributed by atoms with Crippen molar-refractivity contribution in [3.8, 4) is 0 Å². The van der Waals surface area contributed by atoms with Crippen molar-refractivity contribution >= 4 is 0 Å². The van der Waals surface area contributed by atoms with Gasteiger partial charge in [0.05, 0.1) is 0 Å². The molecular formula is C17H35N3. The number of hydrogen-bond acceptors (Lipinski definition) is 3. The summed E-state index contributed by atoms with van der Waals surface area (Å²) in [6.45, 7) is 14.5. The van der Waals surface area contributed by atoms with E-state index >= 15 is 0 Å². The zero-order valence-corrected chi connectivity index (χ0v) is 13.9. The van der Waals surface area contributed by atoms with Crippen LogP contribution in [-0.4, -0.2) is 61.2 Å². The molecular weight excluding hydrogens is 246 g/mol. The maximum atomic E-state index is 3.70. The molecule has 0 spiro atoms. The Balaban J connectivity index is 1.56. The summed E-state index contributed by atoms with van der Waals surface area (Å²) in [4.78, 5) is 5.26. The third kappa shape index (κ3) is 5.34. The van der Waals surface area contributed by atoms with E-state index in [1.165, 1.54) is 71.4 Å². The number of hydrogen-bond donors (Lipinski definition) is 1. The predicted molar refractivity (Wildman–Crippen MR) is 87.2 cm³/mol. The molecule has 3 nitrogen and oxygen atoms in total. The van der Waals surface area contributed by atoms with Gasteiger partial charge < -0.3 is 15.1 Å². The molecule has 20 heavy (non-hydrogen) atoms. The van der Waals surface area contributed by atoms with Crippen LogP contribution in [0.25, 0.3) is 0 Å². The molecule has 2 unspecified atom stereocenters. The second-order valence-corrected chi connectivity index (χ2v) is 6.85. The van der Waals surface area contributed by atoms with Gasteiger partial charge in [0, 0.05) is 18.6 Å². The molecule has 0 aromatic heterocycles. The first-order valence-electron chi connectivity index (χ1n) is 8.92. The van der Waals surface area contributed by atoms with E-state index in [2.05, 4.69) is 35.9 Å². The molecule has 2 aliphatic rings. The third-order valence-corrected chi connectivity index (χ3v) is 5.20. The van der Waals surface area contributed by atoms with Gasteiger partial charge in [0.2, 0.25) is 0 Å². The average Bonchev–Trinajstić information content (AvgIpc) is 3.17. The second-order valence-electron chi connectivity index (χ2n) is 6.85. The minimum absolute atomic E-state index is 0.775. The summed E-state index contributed by atoms with van der Waals surface area (Å²) in [7, 11) is 0. The van der Waals surface area contributed by atoms with E-state index in [1.807, 2.05) is 0 Å². The molecule has 3 heteroatoms. The van der Waals surface area contributed by atoms with E-state index in [-0.39, 0.29) is 0 Å². The fraction of sp³-hybridized carbons (Fsp3) is 1.00. The monoisotopic (exact) mass is 281 g/mol. The van der Waals surface area contributed by atoms with Gasteiger partial charge in [0.1, 0.15) is 0 Å². The molecule has 0 bridgehead atoms. The highest BCUT2D eigenvalue weighted by Crippen LogP contribution is 2.23. The van der Waals surface area contributed by atoms with Gasteiger partial charge in [-0.3, -0.25) is 0 Å². The first-order chi connectivity index (χ1) is 9.72. The fourth-order valence-corrected chi connectivity index (χ4v) is 3.38. The highest BCUT2D eigenvalue weighted by atomic mass is 15.2. The van der Waals surface area contributed by atoms with Crippen molar-refractivity contribution in [3.63, 3.8) is 0 Å². The van der Waals surface area contributed by atoms with Gasteiger partial charge in [-0.1, -0.05) is 13.8 Å². The summed E-state index contributed by atoms with van der Waals surface area (Å²) in [5.41, 5.74) is 0. The van der Waals surface area contributed by atoms with Gasteiger partial charge in [-0.05, 0) is 77.7 Å².